The normalized spacial score (nSPS) is 16.9. The number of rotatable bonds is 3. The molecule has 2 aromatic rings. The van der Waals surface area contributed by atoms with Gasteiger partial charge in [-0.25, -0.2) is 4.98 Å². The monoisotopic (exact) mass is 287 g/mol. The van der Waals surface area contributed by atoms with Gasteiger partial charge in [0.15, 0.2) is 0 Å². The number of methoxy groups -OCH3 is 1. The fourth-order valence-corrected chi connectivity index (χ4v) is 3.10. The molecule has 0 saturated carbocycles. The summed E-state index contributed by atoms with van der Waals surface area (Å²) in [6.45, 7) is 0. The highest BCUT2D eigenvalue weighted by molar-refractivity contribution is 7.99. The highest BCUT2D eigenvalue weighted by atomic mass is 32.2. The second-order valence-electron chi connectivity index (χ2n) is 4.38. The van der Waals surface area contributed by atoms with Crippen LogP contribution in [0.3, 0.4) is 0 Å². The molecule has 4 nitrogen and oxygen atoms in total. The van der Waals surface area contributed by atoms with Crippen LogP contribution in [-0.2, 0) is 0 Å². The molecule has 0 bridgehead atoms. The van der Waals surface area contributed by atoms with Gasteiger partial charge in [-0.2, -0.15) is 0 Å². The Hall–Kier alpha value is -2.01. The van der Waals surface area contributed by atoms with Gasteiger partial charge in [0.05, 0.1) is 12.0 Å². The Morgan fingerprint density at radius 1 is 1.40 bits per heavy atom. The standard InChI is InChI=1S/C15H13NO3S/c1-18-15-5-3-11(7-16-15)13-9-20-14-6-10(8-17)2-4-12(14)19-13/h2-8,13H,9H2,1H3. The van der Waals surface area contributed by atoms with Gasteiger partial charge >= 0.3 is 0 Å². The predicted octanol–water partition coefficient (Wildman–Crippen LogP) is 3.13. The highest BCUT2D eigenvalue weighted by Crippen LogP contribution is 2.40. The summed E-state index contributed by atoms with van der Waals surface area (Å²) in [5.41, 5.74) is 1.69. The number of hydrogen-bond acceptors (Lipinski definition) is 5. The summed E-state index contributed by atoms with van der Waals surface area (Å²) in [4.78, 5) is 16.0. The fraction of sp³-hybridized carbons (Fsp3) is 0.200. The van der Waals surface area contributed by atoms with Crippen molar-refractivity contribution in [3.63, 3.8) is 0 Å². The van der Waals surface area contributed by atoms with Crippen molar-refractivity contribution in [2.75, 3.05) is 12.9 Å². The van der Waals surface area contributed by atoms with E-state index in [1.165, 1.54) is 0 Å². The first-order valence-corrected chi connectivity index (χ1v) is 7.17. The minimum Gasteiger partial charge on any atom is -0.484 e. The molecule has 0 aliphatic carbocycles. The third-order valence-electron chi connectivity index (χ3n) is 3.10. The molecule has 1 atom stereocenters. The molecule has 0 N–H and O–H groups in total. The van der Waals surface area contributed by atoms with Crippen molar-refractivity contribution in [1.29, 1.82) is 0 Å². The first-order valence-electron chi connectivity index (χ1n) is 6.19. The molecule has 5 heteroatoms. The van der Waals surface area contributed by atoms with Crippen LogP contribution in [0.15, 0.2) is 41.4 Å². The average molecular weight is 287 g/mol. The van der Waals surface area contributed by atoms with Crippen LogP contribution in [-0.4, -0.2) is 24.1 Å². The number of thioether (sulfide) groups is 1. The lowest BCUT2D eigenvalue weighted by Gasteiger charge is -2.25. The Balaban J connectivity index is 1.82. The lowest BCUT2D eigenvalue weighted by molar-refractivity contribution is 0.112. The largest absolute Gasteiger partial charge is 0.484 e. The van der Waals surface area contributed by atoms with E-state index in [0.29, 0.717) is 11.4 Å². The minimum absolute atomic E-state index is 0.0343. The molecule has 1 aliphatic rings. The topological polar surface area (TPSA) is 48.4 Å². The molecular formula is C15H13NO3S. The number of fused-ring (bicyclic) bond motifs is 1. The number of carbonyl (C=O) groups excluding carboxylic acids is 1. The number of benzene rings is 1. The van der Waals surface area contributed by atoms with Crippen LogP contribution < -0.4 is 9.47 Å². The minimum atomic E-state index is -0.0343. The smallest absolute Gasteiger partial charge is 0.212 e. The van der Waals surface area contributed by atoms with E-state index >= 15 is 0 Å². The third-order valence-corrected chi connectivity index (χ3v) is 4.20. The van der Waals surface area contributed by atoms with Crippen molar-refractivity contribution in [2.24, 2.45) is 0 Å². The second kappa shape index (κ2) is 5.54. The molecule has 1 unspecified atom stereocenters. The Morgan fingerprint density at radius 3 is 3.00 bits per heavy atom. The predicted molar refractivity (Wildman–Crippen MR) is 76.7 cm³/mol. The van der Waals surface area contributed by atoms with Crippen molar-refractivity contribution < 1.29 is 14.3 Å². The van der Waals surface area contributed by atoms with Gasteiger partial charge in [0.2, 0.25) is 5.88 Å². The van der Waals surface area contributed by atoms with Crippen LogP contribution in [0.5, 0.6) is 11.6 Å². The van der Waals surface area contributed by atoms with E-state index in [-0.39, 0.29) is 6.10 Å². The van der Waals surface area contributed by atoms with Crippen molar-refractivity contribution in [3.8, 4) is 11.6 Å². The van der Waals surface area contributed by atoms with E-state index < -0.39 is 0 Å². The van der Waals surface area contributed by atoms with Crippen molar-refractivity contribution in [3.05, 3.63) is 47.7 Å². The molecule has 0 saturated heterocycles. The maximum atomic E-state index is 10.8. The van der Waals surface area contributed by atoms with Crippen molar-refractivity contribution in [2.45, 2.75) is 11.0 Å². The lowest BCUT2D eigenvalue weighted by atomic mass is 10.1. The number of carbonyl (C=O) groups is 1. The number of pyridine rings is 1. The van der Waals surface area contributed by atoms with Gasteiger partial charge < -0.3 is 9.47 Å². The molecule has 1 aliphatic heterocycles. The molecule has 0 fully saturated rings. The Labute approximate surface area is 121 Å². The lowest BCUT2D eigenvalue weighted by Crippen LogP contribution is -2.15. The summed E-state index contributed by atoms with van der Waals surface area (Å²) in [6.07, 6.45) is 2.59. The zero-order valence-electron chi connectivity index (χ0n) is 10.9. The Bertz CT molecular complexity index is 628. The van der Waals surface area contributed by atoms with Crippen LogP contribution in [0.4, 0.5) is 0 Å². The van der Waals surface area contributed by atoms with E-state index in [1.54, 1.807) is 31.1 Å². The molecule has 0 radical (unpaired) electrons. The van der Waals surface area contributed by atoms with Crippen LogP contribution in [0.1, 0.15) is 22.0 Å². The van der Waals surface area contributed by atoms with Crippen LogP contribution in [0, 0.1) is 0 Å². The summed E-state index contributed by atoms with van der Waals surface area (Å²) >= 11 is 1.69. The van der Waals surface area contributed by atoms with Gasteiger partial charge in [0, 0.05) is 29.1 Å². The Kier molecular flexibility index (Phi) is 3.60. The summed E-state index contributed by atoms with van der Waals surface area (Å²) < 4.78 is 11.0. The zero-order valence-corrected chi connectivity index (χ0v) is 11.7. The zero-order chi connectivity index (χ0) is 13.9. The maximum absolute atomic E-state index is 10.8. The number of aromatic nitrogens is 1. The number of aldehydes is 1. The van der Waals surface area contributed by atoms with Gasteiger partial charge in [-0.05, 0) is 24.3 Å². The Morgan fingerprint density at radius 2 is 2.30 bits per heavy atom. The van der Waals surface area contributed by atoms with Crippen LogP contribution in [0.25, 0.3) is 0 Å². The molecule has 20 heavy (non-hydrogen) atoms. The van der Waals surface area contributed by atoms with Gasteiger partial charge in [0.25, 0.3) is 0 Å². The van der Waals surface area contributed by atoms with E-state index in [1.807, 2.05) is 24.3 Å². The van der Waals surface area contributed by atoms with Crippen LogP contribution >= 0.6 is 11.8 Å². The summed E-state index contributed by atoms with van der Waals surface area (Å²) in [7, 11) is 1.59. The number of hydrogen-bond donors (Lipinski definition) is 0. The maximum Gasteiger partial charge on any atom is 0.212 e. The summed E-state index contributed by atoms with van der Waals surface area (Å²) in [5, 5.41) is 0. The summed E-state index contributed by atoms with van der Waals surface area (Å²) in [5.74, 6) is 2.20. The molecule has 1 aromatic carbocycles. The van der Waals surface area contributed by atoms with Gasteiger partial charge in [-0.15, -0.1) is 11.8 Å². The molecular weight excluding hydrogens is 274 g/mol. The fourth-order valence-electron chi connectivity index (χ4n) is 2.03. The highest BCUT2D eigenvalue weighted by Gasteiger charge is 2.22. The summed E-state index contributed by atoms with van der Waals surface area (Å²) in [6, 6.07) is 9.25. The number of nitrogens with zero attached hydrogens (tertiary/aromatic N) is 1. The van der Waals surface area contributed by atoms with Crippen LogP contribution in [0.2, 0.25) is 0 Å². The van der Waals surface area contributed by atoms with Crippen molar-refractivity contribution >= 4 is 18.0 Å². The second-order valence-corrected chi connectivity index (χ2v) is 5.44. The van der Waals surface area contributed by atoms with Gasteiger partial charge in [-0.1, -0.05) is 0 Å². The molecule has 102 valence electrons. The quantitative estimate of drug-likeness (QED) is 0.812. The van der Waals surface area contributed by atoms with Gasteiger partial charge in [0.1, 0.15) is 18.1 Å². The average Bonchev–Trinajstić information content (AvgIpc) is 2.54. The number of ether oxygens (including phenoxy) is 2. The van der Waals surface area contributed by atoms with E-state index in [9.17, 15) is 4.79 Å². The molecule has 2 heterocycles. The SMILES string of the molecule is COc1ccc(C2CSc3cc(C=O)ccc3O2)cn1. The first-order chi connectivity index (χ1) is 9.80. The van der Waals surface area contributed by atoms with E-state index in [0.717, 1.165) is 28.2 Å². The van der Waals surface area contributed by atoms with E-state index in [4.69, 9.17) is 9.47 Å². The van der Waals surface area contributed by atoms with E-state index in [2.05, 4.69) is 4.98 Å². The first kappa shape index (κ1) is 13.0. The molecule has 1 aromatic heterocycles. The third kappa shape index (κ3) is 2.49. The molecule has 0 spiro atoms. The van der Waals surface area contributed by atoms with Gasteiger partial charge in [-0.3, -0.25) is 4.79 Å². The molecule has 3 rings (SSSR count). The van der Waals surface area contributed by atoms with Crippen molar-refractivity contribution in [1.82, 2.24) is 4.98 Å². The molecule has 0 amide bonds.